The molecular weight excluding hydrogens is 434 g/mol. The predicted molar refractivity (Wildman–Crippen MR) is 124 cm³/mol. The molecule has 0 saturated carbocycles. The second-order valence-electron chi connectivity index (χ2n) is 9.21. The number of anilines is 1. The number of nitrogens with zero attached hydrogens (tertiary/aromatic N) is 1. The molecule has 3 heterocycles. The van der Waals surface area contributed by atoms with Crippen LogP contribution in [-0.2, 0) is 37.6 Å². The maximum atomic E-state index is 13.7. The number of hydrogen-bond acceptors (Lipinski definition) is 5. The number of para-hydroxylation sites is 1. The number of carboxylic acids is 1. The average Bonchev–Trinajstić information content (AvgIpc) is 3.41. The van der Waals surface area contributed by atoms with Crippen molar-refractivity contribution in [3.63, 3.8) is 0 Å². The van der Waals surface area contributed by atoms with Crippen molar-refractivity contribution in [3.8, 4) is 0 Å². The van der Waals surface area contributed by atoms with Crippen LogP contribution in [0.4, 0.5) is 5.69 Å². The van der Waals surface area contributed by atoms with Crippen LogP contribution in [0.2, 0.25) is 0 Å². The van der Waals surface area contributed by atoms with E-state index in [2.05, 4.69) is 10.6 Å². The van der Waals surface area contributed by atoms with Crippen LogP contribution in [0.5, 0.6) is 0 Å². The first-order valence-corrected chi connectivity index (χ1v) is 11.7. The molecule has 0 aliphatic carbocycles. The SMILES string of the molecule is CCc1cccc2c1NC(=O)[C@@]21N[C@@H](CCC(=O)O)[C@H]2C(=O)N(CCc3ccccc3)C(=O)[C@H]21. The van der Waals surface area contributed by atoms with E-state index in [0.717, 1.165) is 11.1 Å². The normalized spacial score (nSPS) is 27.3. The van der Waals surface area contributed by atoms with E-state index in [0.29, 0.717) is 24.1 Å². The first-order valence-electron chi connectivity index (χ1n) is 11.7. The summed E-state index contributed by atoms with van der Waals surface area (Å²) >= 11 is 0. The second kappa shape index (κ2) is 8.36. The van der Waals surface area contributed by atoms with Gasteiger partial charge in [-0.2, -0.15) is 0 Å². The Hall–Kier alpha value is -3.52. The van der Waals surface area contributed by atoms with Gasteiger partial charge in [-0.1, -0.05) is 55.5 Å². The molecule has 2 aromatic carbocycles. The summed E-state index contributed by atoms with van der Waals surface area (Å²) in [5, 5.41) is 15.5. The van der Waals surface area contributed by atoms with E-state index in [1.54, 1.807) is 0 Å². The first kappa shape index (κ1) is 22.3. The van der Waals surface area contributed by atoms with Crippen molar-refractivity contribution < 1.29 is 24.3 Å². The van der Waals surface area contributed by atoms with Crippen molar-refractivity contribution >= 4 is 29.4 Å². The van der Waals surface area contributed by atoms with Crippen molar-refractivity contribution in [2.45, 2.75) is 44.2 Å². The molecule has 3 aliphatic rings. The maximum Gasteiger partial charge on any atom is 0.303 e. The number of benzene rings is 2. The van der Waals surface area contributed by atoms with E-state index in [9.17, 15) is 24.3 Å². The Morgan fingerprint density at radius 3 is 2.53 bits per heavy atom. The first-order chi connectivity index (χ1) is 16.4. The van der Waals surface area contributed by atoms with Gasteiger partial charge in [-0.15, -0.1) is 0 Å². The van der Waals surface area contributed by atoms with Crippen LogP contribution in [0, 0.1) is 11.8 Å². The van der Waals surface area contributed by atoms with E-state index < -0.39 is 29.4 Å². The smallest absolute Gasteiger partial charge is 0.303 e. The summed E-state index contributed by atoms with van der Waals surface area (Å²) in [5.41, 5.74) is 1.92. The average molecular weight is 462 g/mol. The van der Waals surface area contributed by atoms with Crippen LogP contribution < -0.4 is 10.6 Å². The number of aliphatic carboxylic acids is 1. The molecule has 0 radical (unpaired) electrons. The van der Waals surface area contributed by atoms with Crippen LogP contribution in [0.3, 0.4) is 0 Å². The van der Waals surface area contributed by atoms with Gasteiger partial charge in [0.2, 0.25) is 17.7 Å². The molecule has 8 heteroatoms. The highest BCUT2D eigenvalue weighted by molar-refractivity contribution is 6.15. The minimum absolute atomic E-state index is 0.153. The third-order valence-electron chi connectivity index (χ3n) is 7.44. The number of imide groups is 1. The lowest BCUT2D eigenvalue weighted by atomic mass is 9.76. The highest BCUT2D eigenvalue weighted by atomic mass is 16.4. The minimum Gasteiger partial charge on any atom is -0.481 e. The molecule has 3 amide bonds. The molecule has 8 nitrogen and oxygen atoms in total. The van der Waals surface area contributed by atoms with E-state index in [1.165, 1.54) is 4.90 Å². The van der Waals surface area contributed by atoms with Crippen molar-refractivity contribution in [2.75, 3.05) is 11.9 Å². The quantitative estimate of drug-likeness (QED) is 0.544. The van der Waals surface area contributed by atoms with Gasteiger partial charge in [-0.05, 0) is 30.4 Å². The summed E-state index contributed by atoms with van der Waals surface area (Å²) in [4.78, 5) is 53.4. The number of aryl methyl sites for hydroxylation is 1. The largest absolute Gasteiger partial charge is 0.481 e. The van der Waals surface area contributed by atoms with Gasteiger partial charge in [0.05, 0.1) is 11.8 Å². The fourth-order valence-electron chi connectivity index (χ4n) is 5.88. The van der Waals surface area contributed by atoms with Crippen LogP contribution in [0.25, 0.3) is 0 Å². The van der Waals surface area contributed by atoms with Crippen LogP contribution in [0.15, 0.2) is 48.5 Å². The molecule has 0 aromatic heterocycles. The van der Waals surface area contributed by atoms with Crippen molar-refractivity contribution in [3.05, 3.63) is 65.2 Å². The lowest BCUT2D eigenvalue weighted by molar-refractivity contribution is -0.143. The molecular formula is C26H27N3O5. The lowest BCUT2D eigenvalue weighted by Gasteiger charge is -2.29. The van der Waals surface area contributed by atoms with Gasteiger partial charge in [-0.25, -0.2) is 0 Å². The highest BCUT2D eigenvalue weighted by Gasteiger charge is 2.70. The molecule has 34 heavy (non-hydrogen) atoms. The molecule has 5 rings (SSSR count). The Bertz CT molecular complexity index is 1180. The molecule has 0 unspecified atom stereocenters. The lowest BCUT2D eigenvalue weighted by Crippen LogP contribution is -2.53. The van der Waals surface area contributed by atoms with E-state index in [-0.39, 0.29) is 37.1 Å². The Labute approximate surface area is 197 Å². The zero-order valence-corrected chi connectivity index (χ0v) is 18.9. The highest BCUT2D eigenvalue weighted by Crippen LogP contribution is 2.54. The van der Waals surface area contributed by atoms with Crippen LogP contribution in [-0.4, -0.2) is 46.3 Å². The number of likely N-dealkylation sites (tertiary alicyclic amines) is 1. The summed E-state index contributed by atoms with van der Waals surface area (Å²) in [6.07, 6.45) is 1.21. The van der Waals surface area contributed by atoms with Gasteiger partial charge >= 0.3 is 5.97 Å². The Kier molecular flexibility index (Phi) is 5.48. The van der Waals surface area contributed by atoms with E-state index >= 15 is 0 Å². The molecule has 3 N–H and O–H groups in total. The summed E-state index contributed by atoms with van der Waals surface area (Å²) in [6, 6.07) is 14.6. The van der Waals surface area contributed by atoms with Crippen molar-refractivity contribution in [1.82, 2.24) is 10.2 Å². The van der Waals surface area contributed by atoms with Crippen molar-refractivity contribution in [1.29, 1.82) is 0 Å². The molecule has 2 fully saturated rings. The zero-order chi connectivity index (χ0) is 24.0. The number of rotatable bonds is 7. The number of amides is 3. The standard InChI is InChI=1S/C26H27N3O5/c1-2-16-9-6-10-17-22(16)27-25(34)26(17)21-20(18(28-26)11-12-19(30)31)23(32)29(24(21)33)14-13-15-7-4-3-5-8-15/h3-10,18,20-21,28H,2,11-14H2,1H3,(H,27,34)(H,30,31)/t18-,20+,21-,26+/m0/s1. The summed E-state index contributed by atoms with van der Waals surface area (Å²) in [5.74, 6) is -3.75. The summed E-state index contributed by atoms with van der Waals surface area (Å²) < 4.78 is 0. The maximum absolute atomic E-state index is 13.7. The Balaban J connectivity index is 1.54. The topological polar surface area (TPSA) is 116 Å². The number of nitrogens with one attached hydrogen (secondary N) is 2. The zero-order valence-electron chi connectivity index (χ0n) is 18.9. The third-order valence-corrected chi connectivity index (χ3v) is 7.44. The fourth-order valence-corrected chi connectivity index (χ4v) is 5.88. The van der Waals surface area contributed by atoms with E-state index in [1.807, 2.05) is 55.5 Å². The van der Waals surface area contributed by atoms with Crippen LogP contribution >= 0.6 is 0 Å². The number of carboxylic acid groups (broad SMARTS) is 1. The number of carbonyl (C=O) groups is 4. The molecule has 2 saturated heterocycles. The molecule has 176 valence electrons. The van der Waals surface area contributed by atoms with Gasteiger partial charge in [0.1, 0.15) is 5.54 Å². The monoisotopic (exact) mass is 461 g/mol. The molecule has 2 aromatic rings. The van der Waals surface area contributed by atoms with Crippen LogP contribution in [0.1, 0.15) is 36.5 Å². The fraction of sp³-hybridized carbons (Fsp3) is 0.385. The predicted octanol–water partition coefficient (Wildman–Crippen LogP) is 2.08. The molecule has 1 spiro atoms. The minimum atomic E-state index is -1.39. The summed E-state index contributed by atoms with van der Waals surface area (Å²) in [6.45, 7) is 2.21. The van der Waals surface area contributed by atoms with Gasteiger partial charge in [0.25, 0.3) is 0 Å². The number of fused-ring (bicyclic) bond motifs is 4. The Morgan fingerprint density at radius 2 is 1.82 bits per heavy atom. The van der Waals surface area contributed by atoms with Gasteiger partial charge < -0.3 is 10.4 Å². The number of carbonyl (C=O) groups excluding carboxylic acids is 3. The van der Waals surface area contributed by atoms with E-state index in [4.69, 9.17) is 0 Å². The Morgan fingerprint density at radius 1 is 1.06 bits per heavy atom. The third kappa shape index (κ3) is 3.24. The molecule has 4 atom stereocenters. The van der Waals surface area contributed by atoms with Gasteiger partial charge in [0.15, 0.2) is 0 Å². The van der Waals surface area contributed by atoms with Gasteiger partial charge in [-0.3, -0.25) is 29.4 Å². The summed E-state index contributed by atoms with van der Waals surface area (Å²) in [7, 11) is 0. The van der Waals surface area contributed by atoms with Crippen molar-refractivity contribution in [2.24, 2.45) is 11.8 Å². The second-order valence-corrected chi connectivity index (χ2v) is 9.21. The number of hydrogen-bond donors (Lipinski definition) is 3. The van der Waals surface area contributed by atoms with Gasteiger partial charge in [0, 0.05) is 30.3 Å². The molecule has 3 aliphatic heterocycles. The molecule has 0 bridgehead atoms.